The van der Waals surface area contributed by atoms with E-state index in [2.05, 4.69) is 31.0 Å². The van der Waals surface area contributed by atoms with E-state index in [-0.39, 0.29) is 33.9 Å². The van der Waals surface area contributed by atoms with Crippen LogP contribution in [0.4, 0.5) is 16.6 Å². The predicted octanol–water partition coefficient (Wildman–Crippen LogP) is 1.30. The Morgan fingerprint density at radius 2 is 2.05 bits per heavy atom. The van der Waals surface area contributed by atoms with Crippen molar-refractivity contribution < 1.29 is 43.2 Å². The van der Waals surface area contributed by atoms with Crippen molar-refractivity contribution in [3.8, 4) is 0 Å². The fraction of sp³-hybridized carbons (Fsp3) is 0.273. The number of carboxylic acid groups (broad SMARTS) is 1. The second-order valence-corrected chi connectivity index (χ2v) is 14.4. The zero-order valence-corrected chi connectivity index (χ0v) is 26.8. The highest BCUT2D eigenvalue weighted by atomic mass is 32.2. The number of oxime groups is 1. The van der Waals surface area contributed by atoms with Crippen molar-refractivity contribution in [2.45, 2.75) is 22.7 Å². The van der Waals surface area contributed by atoms with Gasteiger partial charge in [-0.25, -0.2) is 18.9 Å². The number of hydrogen-bond donors (Lipinski definition) is 6. The first-order chi connectivity index (χ1) is 20.9. The van der Waals surface area contributed by atoms with Gasteiger partial charge in [-0.2, -0.15) is 0 Å². The summed E-state index contributed by atoms with van der Waals surface area (Å²) in [7, 11) is -2.77. The number of hydrogen-bond acceptors (Lipinski definition) is 14. The van der Waals surface area contributed by atoms with Gasteiger partial charge in [0.1, 0.15) is 36.6 Å². The Bertz CT molecular complexity index is 1710. The molecule has 0 aromatic carbocycles. The molecule has 6 N–H and O–H groups in total. The maximum absolute atomic E-state index is 13.2. The fourth-order valence-corrected chi connectivity index (χ4v) is 8.66. The lowest BCUT2D eigenvalue weighted by molar-refractivity contribution is -0.671. The summed E-state index contributed by atoms with van der Waals surface area (Å²) in [4.78, 5) is 67.9. The number of carbonyl (C=O) groups is 3. The van der Waals surface area contributed by atoms with Gasteiger partial charge in [0.2, 0.25) is 10.8 Å². The summed E-state index contributed by atoms with van der Waals surface area (Å²) in [6, 6.07) is 2.70. The average Bonchev–Trinajstić information content (AvgIpc) is 3.61. The molecule has 0 saturated carbocycles. The normalized spacial score (nSPS) is 18.4. The van der Waals surface area contributed by atoms with E-state index >= 15 is 0 Å². The SMILES string of the molecule is CCO/N=C(\C(=O)N[C@@H]1C(=O)N2C(C(=O)O)=C(Sc3nc(Nc4cc[n+](C)cc4)cs3)CSC12)c1nnc(NP(=O)(O)O)s1. The minimum Gasteiger partial charge on any atom is -0.477 e. The summed E-state index contributed by atoms with van der Waals surface area (Å²) >= 11 is 4.39. The predicted molar refractivity (Wildman–Crippen MR) is 162 cm³/mol. The number of fused-ring (bicyclic) bond motifs is 1. The second kappa shape index (κ2) is 13.2. The topological polar surface area (TPSA) is 232 Å². The number of aromatic nitrogens is 4. The zero-order chi connectivity index (χ0) is 31.6. The Morgan fingerprint density at radius 1 is 1.30 bits per heavy atom. The van der Waals surface area contributed by atoms with Gasteiger partial charge in [0.05, 0.1) is 5.69 Å². The van der Waals surface area contributed by atoms with Crippen LogP contribution in [0, 0.1) is 0 Å². The first-order valence-electron chi connectivity index (χ1n) is 12.4. The highest BCUT2D eigenvalue weighted by Crippen LogP contribution is 2.46. The third kappa shape index (κ3) is 7.20. The minimum atomic E-state index is -4.68. The Labute approximate surface area is 265 Å². The molecule has 0 bridgehead atoms. The molecular formula is C22H23N9O8PS4+. The van der Waals surface area contributed by atoms with Gasteiger partial charge in [0, 0.05) is 28.2 Å². The van der Waals surface area contributed by atoms with Crippen molar-refractivity contribution in [2.75, 3.05) is 22.8 Å². The number of nitrogens with one attached hydrogen (secondary N) is 3. The number of nitrogens with zero attached hydrogens (tertiary/aromatic N) is 6. The third-order valence-corrected chi connectivity index (χ3v) is 10.7. The van der Waals surface area contributed by atoms with Crippen LogP contribution in [-0.4, -0.2) is 82.2 Å². The number of carboxylic acids is 1. The number of aryl methyl sites for hydroxylation is 1. The number of amides is 2. The molecule has 2 atom stereocenters. The van der Waals surface area contributed by atoms with Crippen LogP contribution >= 0.6 is 53.9 Å². The van der Waals surface area contributed by atoms with Crippen LogP contribution in [0.2, 0.25) is 0 Å². The van der Waals surface area contributed by atoms with Gasteiger partial charge < -0.3 is 30.4 Å². The third-order valence-electron chi connectivity index (χ3n) is 5.74. The molecule has 1 unspecified atom stereocenters. The standard InChI is InChI=1S/C22H22N9O8PS4/c1-3-39-28-13(17-26-27-21(44-17)29-40(36,37)38)16(32)25-14-18(33)31-15(20(34)35)11(8-41-19(14)31)43-22-24-12(9-42-22)23-10-4-6-30(2)7-5-10/h4-7,9,14,19H,3,8H2,1-2H3,(H5,25,27,28,29,32,34,35,36,37,38)/p+1/t14-,19?/m1/s1. The molecule has 17 nitrogen and oxygen atoms in total. The average molecular weight is 701 g/mol. The summed E-state index contributed by atoms with van der Waals surface area (Å²) in [6.45, 7) is 1.71. The van der Waals surface area contributed by atoms with Crippen LogP contribution in [0.3, 0.4) is 0 Å². The summed E-state index contributed by atoms with van der Waals surface area (Å²) in [5, 5.41) is 29.4. The molecule has 0 radical (unpaired) electrons. The van der Waals surface area contributed by atoms with Crippen molar-refractivity contribution in [3.63, 3.8) is 0 Å². The molecule has 1 saturated heterocycles. The monoisotopic (exact) mass is 700 g/mol. The zero-order valence-electron chi connectivity index (χ0n) is 22.6. The number of rotatable bonds is 12. The van der Waals surface area contributed by atoms with E-state index in [1.165, 1.54) is 23.1 Å². The molecule has 3 aromatic heterocycles. The molecule has 5 rings (SSSR count). The Kier molecular flexibility index (Phi) is 9.53. The van der Waals surface area contributed by atoms with Crippen LogP contribution in [0.25, 0.3) is 0 Å². The largest absolute Gasteiger partial charge is 0.477 e. The van der Waals surface area contributed by atoms with Crippen molar-refractivity contribution in [3.05, 3.63) is 45.5 Å². The molecular weight excluding hydrogens is 678 g/mol. The maximum atomic E-state index is 13.2. The Hall–Kier alpha value is -3.59. The van der Waals surface area contributed by atoms with Gasteiger partial charge in [-0.05, 0) is 6.92 Å². The first-order valence-corrected chi connectivity index (χ1v) is 17.6. The van der Waals surface area contributed by atoms with E-state index in [4.69, 9.17) is 14.6 Å². The number of aliphatic carboxylic acids is 1. The summed E-state index contributed by atoms with van der Waals surface area (Å²) in [5.74, 6) is -1.95. The molecule has 22 heteroatoms. The molecule has 5 heterocycles. The molecule has 3 aromatic rings. The van der Waals surface area contributed by atoms with Crippen LogP contribution in [0.15, 0.2) is 50.0 Å². The van der Waals surface area contributed by atoms with Gasteiger partial charge in [0.25, 0.3) is 11.8 Å². The van der Waals surface area contributed by atoms with Crippen molar-refractivity contribution in [1.29, 1.82) is 0 Å². The molecule has 0 aliphatic carbocycles. The van der Waals surface area contributed by atoms with E-state index in [1.807, 2.05) is 41.2 Å². The fourth-order valence-electron chi connectivity index (χ4n) is 3.87. The van der Waals surface area contributed by atoms with Crippen molar-refractivity contribution >= 4 is 94.1 Å². The Morgan fingerprint density at radius 3 is 2.73 bits per heavy atom. The molecule has 2 aliphatic rings. The van der Waals surface area contributed by atoms with E-state index in [1.54, 1.807) is 12.3 Å². The van der Waals surface area contributed by atoms with E-state index in [0.717, 1.165) is 22.3 Å². The number of thioether (sulfide) groups is 2. The van der Waals surface area contributed by atoms with Gasteiger partial charge in [-0.1, -0.05) is 28.3 Å². The number of pyridine rings is 1. The highest BCUT2D eigenvalue weighted by molar-refractivity contribution is 8.07. The van der Waals surface area contributed by atoms with E-state index in [9.17, 15) is 24.1 Å². The maximum Gasteiger partial charge on any atom is 0.429 e. The molecule has 44 heavy (non-hydrogen) atoms. The lowest BCUT2D eigenvalue weighted by Crippen LogP contribution is -2.71. The second-order valence-electron chi connectivity index (χ2n) is 8.84. The molecule has 1 fully saturated rings. The number of anilines is 3. The number of thiazole rings is 1. The number of β-lactam (4-membered cyclic amide) rings is 1. The Balaban J connectivity index is 1.29. The summed E-state index contributed by atoms with van der Waals surface area (Å²) in [6.07, 6.45) is 3.77. The van der Waals surface area contributed by atoms with Crippen molar-refractivity contribution in [2.24, 2.45) is 12.2 Å². The lowest BCUT2D eigenvalue weighted by atomic mass is 10.0. The van der Waals surface area contributed by atoms with Crippen LogP contribution in [0.5, 0.6) is 0 Å². The van der Waals surface area contributed by atoms with Crippen LogP contribution < -0.4 is 20.3 Å². The molecule has 2 aliphatic heterocycles. The molecule has 0 spiro atoms. The van der Waals surface area contributed by atoms with Gasteiger partial charge in [-0.15, -0.1) is 33.3 Å². The highest BCUT2D eigenvalue weighted by Gasteiger charge is 2.54. The van der Waals surface area contributed by atoms with E-state index in [0.29, 0.717) is 26.4 Å². The first kappa shape index (κ1) is 31.8. The quantitative estimate of drug-likeness (QED) is 0.0514. The molecule has 2 amide bonds. The van der Waals surface area contributed by atoms with Gasteiger partial charge in [0.15, 0.2) is 21.7 Å². The van der Waals surface area contributed by atoms with Crippen LogP contribution in [0.1, 0.15) is 11.9 Å². The molecule has 232 valence electrons. The smallest absolute Gasteiger partial charge is 0.429 e. The number of carbonyl (C=O) groups excluding carboxylic acids is 2. The summed E-state index contributed by atoms with van der Waals surface area (Å²) < 4.78 is 13.7. The van der Waals surface area contributed by atoms with E-state index < -0.39 is 36.9 Å². The van der Waals surface area contributed by atoms with Gasteiger partial charge >= 0.3 is 13.7 Å². The minimum absolute atomic E-state index is 0.0900. The lowest BCUT2D eigenvalue weighted by Gasteiger charge is -2.49. The van der Waals surface area contributed by atoms with Gasteiger partial charge in [-0.3, -0.25) is 19.6 Å². The summed E-state index contributed by atoms with van der Waals surface area (Å²) in [5.41, 5.74) is 0.275. The van der Waals surface area contributed by atoms with Crippen LogP contribution in [-0.2, 0) is 30.8 Å². The van der Waals surface area contributed by atoms with Crippen molar-refractivity contribution in [1.82, 2.24) is 25.4 Å².